The number of nitrogens with zero attached hydrogens (tertiary/aromatic N) is 2. The molecule has 1 aromatic rings. The molecule has 134 valence electrons. The summed E-state index contributed by atoms with van der Waals surface area (Å²) in [4.78, 5) is 28.9. The van der Waals surface area contributed by atoms with Crippen molar-refractivity contribution in [2.24, 2.45) is 11.7 Å². The number of carbonyl (C=O) groups excluding carboxylic acids is 2. The molecule has 2 N–H and O–H groups in total. The highest BCUT2D eigenvalue weighted by molar-refractivity contribution is 8.00. The molecule has 1 aliphatic heterocycles. The normalized spacial score (nSPS) is 14.9. The second-order valence-corrected chi connectivity index (χ2v) is 7.27. The van der Waals surface area contributed by atoms with Crippen LogP contribution < -0.4 is 10.6 Å². The molecule has 1 atom stereocenters. The monoisotopic (exact) mass is 371 g/mol. The molecule has 24 heavy (non-hydrogen) atoms. The first-order valence-corrected chi connectivity index (χ1v) is 8.90. The summed E-state index contributed by atoms with van der Waals surface area (Å²) in [6, 6.07) is 7.79. The molecule has 1 aliphatic rings. The zero-order valence-corrected chi connectivity index (χ0v) is 16.0. The van der Waals surface area contributed by atoms with Crippen LogP contribution in [0.1, 0.15) is 20.3 Å². The van der Waals surface area contributed by atoms with Crippen molar-refractivity contribution in [3.05, 3.63) is 24.3 Å². The molecule has 2 amide bonds. The summed E-state index contributed by atoms with van der Waals surface area (Å²) < 4.78 is 0. The fraction of sp³-hybridized carbons (Fsp3) is 0.529. The second-order valence-electron chi connectivity index (χ2n) is 6.25. The molecule has 0 spiro atoms. The van der Waals surface area contributed by atoms with E-state index in [0.717, 1.165) is 17.0 Å². The molecule has 5 nitrogen and oxygen atoms in total. The van der Waals surface area contributed by atoms with Crippen molar-refractivity contribution >= 4 is 41.7 Å². The van der Waals surface area contributed by atoms with Crippen molar-refractivity contribution in [3.8, 4) is 0 Å². The molecule has 0 fully saturated rings. The summed E-state index contributed by atoms with van der Waals surface area (Å²) in [7, 11) is 1.77. The number of halogens is 1. The Morgan fingerprint density at radius 1 is 1.38 bits per heavy atom. The lowest BCUT2D eigenvalue weighted by atomic mass is 10.0. The zero-order chi connectivity index (χ0) is 17.0. The van der Waals surface area contributed by atoms with Gasteiger partial charge in [0.2, 0.25) is 11.8 Å². The Balaban J connectivity index is 0.00000288. The third-order valence-electron chi connectivity index (χ3n) is 4.18. The minimum atomic E-state index is -0.0593. The number of fused-ring (bicyclic) bond motifs is 1. The molecule has 0 bridgehead atoms. The first-order chi connectivity index (χ1) is 10.9. The molecule has 0 radical (unpaired) electrons. The van der Waals surface area contributed by atoms with Gasteiger partial charge in [-0.2, -0.15) is 0 Å². The minimum Gasteiger partial charge on any atom is -0.344 e. The molecular formula is C17H26ClN3O2S. The Morgan fingerprint density at radius 3 is 2.71 bits per heavy atom. The van der Waals surface area contributed by atoms with Gasteiger partial charge in [-0.3, -0.25) is 9.59 Å². The van der Waals surface area contributed by atoms with Crippen LogP contribution in [0.4, 0.5) is 5.69 Å². The number of rotatable bonds is 6. The van der Waals surface area contributed by atoms with Crippen LogP contribution in [0.2, 0.25) is 0 Å². The number of hydrogen-bond donors (Lipinski definition) is 1. The molecule has 0 aliphatic carbocycles. The Bertz CT molecular complexity index is 583. The molecule has 1 heterocycles. The van der Waals surface area contributed by atoms with Crippen LogP contribution in [-0.4, -0.2) is 48.6 Å². The summed E-state index contributed by atoms with van der Waals surface area (Å²) in [5.41, 5.74) is 6.86. The van der Waals surface area contributed by atoms with Gasteiger partial charge in [-0.1, -0.05) is 26.0 Å². The maximum Gasteiger partial charge on any atom is 0.242 e. The van der Waals surface area contributed by atoms with Crippen molar-refractivity contribution in [2.45, 2.75) is 31.2 Å². The minimum absolute atomic E-state index is 0. The van der Waals surface area contributed by atoms with Gasteiger partial charge in [-0.15, -0.1) is 24.2 Å². The van der Waals surface area contributed by atoms with E-state index >= 15 is 0 Å². The maximum atomic E-state index is 12.4. The van der Waals surface area contributed by atoms with Crippen LogP contribution in [0.15, 0.2) is 29.2 Å². The highest BCUT2D eigenvalue weighted by atomic mass is 35.5. The van der Waals surface area contributed by atoms with Crippen molar-refractivity contribution in [3.63, 3.8) is 0 Å². The van der Waals surface area contributed by atoms with Gasteiger partial charge in [0.05, 0.1) is 11.4 Å². The lowest BCUT2D eigenvalue weighted by Crippen LogP contribution is -2.44. The smallest absolute Gasteiger partial charge is 0.242 e. The topological polar surface area (TPSA) is 66.6 Å². The number of para-hydroxylation sites is 1. The average molecular weight is 372 g/mol. The predicted molar refractivity (Wildman–Crippen MR) is 102 cm³/mol. The molecule has 1 aromatic carbocycles. The molecular weight excluding hydrogens is 346 g/mol. The van der Waals surface area contributed by atoms with E-state index < -0.39 is 0 Å². The third kappa shape index (κ3) is 5.13. The van der Waals surface area contributed by atoms with E-state index in [1.54, 1.807) is 16.8 Å². The van der Waals surface area contributed by atoms with E-state index in [4.69, 9.17) is 5.73 Å². The summed E-state index contributed by atoms with van der Waals surface area (Å²) in [6.45, 7) is 4.85. The molecule has 1 unspecified atom stereocenters. The second kappa shape index (κ2) is 9.30. The molecule has 0 saturated heterocycles. The predicted octanol–water partition coefficient (Wildman–Crippen LogP) is 2.38. The Morgan fingerprint density at radius 2 is 2.04 bits per heavy atom. The Labute approximate surface area is 154 Å². The van der Waals surface area contributed by atoms with Gasteiger partial charge in [0.15, 0.2) is 0 Å². The van der Waals surface area contributed by atoms with E-state index in [-0.39, 0.29) is 36.8 Å². The SMILES string of the molecule is CC(C)C(N)CCN(C)C(=O)CN1C(=O)CSc2ccccc21.Cl. The molecule has 7 heteroatoms. The fourth-order valence-electron chi connectivity index (χ4n) is 2.38. The summed E-state index contributed by atoms with van der Waals surface area (Å²) in [6.07, 6.45) is 0.764. The number of thioether (sulfide) groups is 1. The third-order valence-corrected chi connectivity index (χ3v) is 5.23. The van der Waals surface area contributed by atoms with Crippen LogP contribution in [0.5, 0.6) is 0 Å². The van der Waals surface area contributed by atoms with Crippen LogP contribution >= 0.6 is 24.2 Å². The van der Waals surface area contributed by atoms with Gasteiger partial charge in [0, 0.05) is 24.5 Å². The van der Waals surface area contributed by atoms with Gasteiger partial charge >= 0.3 is 0 Å². The van der Waals surface area contributed by atoms with Crippen LogP contribution in [0.3, 0.4) is 0 Å². The standard InChI is InChI=1S/C17H25N3O2S.ClH/c1-12(2)13(18)8-9-19(3)16(21)10-20-14-6-4-5-7-15(14)23-11-17(20)22;/h4-7,12-13H,8-11,18H2,1-3H3;1H. The number of amides is 2. The quantitative estimate of drug-likeness (QED) is 0.833. The van der Waals surface area contributed by atoms with Crippen LogP contribution in [0, 0.1) is 5.92 Å². The van der Waals surface area contributed by atoms with E-state index in [2.05, 4.69) is 13.8 Å². The maximum absolute atomic E-state index is 12.4. The lowest BCUT2D eigenvalue weighted by Gasteiger charge is -2.30. The Hall–Kier alpha value is -1.24. The first-order valence-electron chi connectivity index (χ1n) is 7.92. The number of carbonyl (C=O) groups is 2. The first kappa shape index (κ1) is 20.8. The highest BCUT2D eigenvalue weighted by Gasteiger charge is 2.27. The van der Waals surface area contributed by atoms with Crippen LogP contribution in [0.25, 0.3) is 0 Å². The van der Waals surface area contributed by atoms with Crippen molar-refractivity contribution in [1.29, 1.82) is 0 Å². The van der Waals surface area contributed by atoms with Crippen molar-refractivity contribution < 1.29 is 9.59 Å². The highest BCUT2D eigenvalue weighted by Crippen LogP contribution is 2.34. The Kier molecular flexibility index (Phi) is 8.06. The largest absolute Gasteiger partial charge is 0.344 e. The van der Waals surface area contributed by atoms with Gasteiger partial charge in [-0.25, -0.2) is 0 Å². The lowest BCUT2D eigenvalue weighted by molar-refractivity contribution is -0.130. The number of benzene rings is 1. The van der Waals surface area contributed by atoms with E-state index in [0.29, 0.717) is 18.2 Å². The van der Waals surface area contributed by atoms with E-state index in [1.165, 1.54) is 11.8 Å². The van der Waals surface area contributed by atoms with Gasteiger partial charge in [0.25, 0.3) is 0 Å². The average Bonchev–Trinajstić information content (AvgIpc) is 2.54. The van der Waals surface area contributed by atoms with Gasteiger partial charge in [-0.05, 0) is 24.5 Å². The molecule has 0 saturated carbocycles. The van der Waals surface area contributed by atoms with Gasteiger partial charge in [0.1, 0.15) is 6.54 Å². The molecule has 0 aromatic heterocycles. The van der Waals surface area contributed by atoms with E-state index in [9.17, 15) is 9.59 Å². The van der Waals surface area contributed by atoms with Gasteiger partial charge < -0.3 is 15.5 Å². The number of nitrogens with two attached hydrogens (primary N) is 1. The number of anilines is 1. The number of hydrogen-bond acceptors (Lipinski definition) is 4. The van der Waals surface area contributed by atoms with E-state index in [1.807, 2.05) is 24.3 Å². The summed E-state index contributed by atoms with van der Waals surface area (Å²) >= 11 is 1.52. The molecule has 2 rings (SSSR count). The number of likely N-dealkylation sites (N-methyl/N-ethyl adjacent to an activating group) is 1. The summed E-state index contributed by atoms with van der Waals surface area (Å²) in [5.74, 6) is 0.697. The zero-order valence-electron chi connectivity index (χ0n) is 14.4. The summed E-state index contributed by atoms with van der Waals surface area (Å²) in [5, 5.41) is 0. The van der Waals surface area contributed by atoms with Crippen molar-refractivity contribution in [2.75, 3.05) is 30.8 Å². The van der Waals surface area contributed by atoms with Crippen LogP contribution in [-0.2, 0) is 9.59 Å². The fourth-order valence-corrected chi connectivity index (χ4v) is 3.32. The van der Waals surface area contributed by atoms with Crippen molar-refractivity contribution in [1.82, 2.24) is 4.90 Å².